The number of likely N-dealkylation sites (N-methyl/N-ethyl adjacent to an activating group) is 1. The third kappa shape index (κ3) is 5.73. The minimum Gasteiger partial charge on any atom is -0.466 e. The second-order valence-corrected chi connectivity index (χ2v) is 11.0. The highest BCUT2D eigenvalue weighted by Crippen LogP contribution is 2.43. The van der Waals surface area contributed by atoms with E-state index in [0.29, 0.717) is 46.6 Å². The van der Waals surface area contributed by atoms with Crippen LogP contribution in [0.5, 0.6) is 0 Å². The number of ether oxygens (including phenoxy) is 1. The Morgan fingerprint density at radius 3 is 2.66 bits per heavy atom. The number of benzene rings is 2. The number of rotatable bonds is 8. The van der Waals surface area contributed by atoms with Crippen LogP contribution < -0.4 is 10.6 Å². The van der Waals surface area contributed by atoms with Gasteiger partial charge in [-0.05, 0) is 48.4 Å². The van der Waals surface area contributed by atoms with Crippen molar-refractivity contribution in [1.82, 2.24) is 19.7 Å². The molecule has 1 atom stereocenters. The number of hydrogen-bond acceptors (Lipinski definition) is 8. The Balaban J connectivity index is 1.66. The van der Waals surface area contributed by atoms with E-state index in [9.17, 15) is 28.0 Å². The number of nitrogens with zero attached hydrogens (tertiary/aromatic N) is 6. The molecule has 14 heteroatoms. The van der Waals surface area contributed by atoms with E-state index in [4.69, 9.17) is 9.15 Å². The van der Waals surface area contributed by atoms with Crippen molar-refractivity contribution >= 4 is 17.6 Å². The van der Waals surface area contributed by atoms with Crippen LogP contribution in [0, 0.1) is 11.3 Å². The zero-order chi connectivity index (χ0) is 31.8. The minimum absolute atomic E-state index is 0.0141. The number of aromatic amines is 1. The van der Waals surface area contributed by atoms with Gasteiger partial charge in [-0.2, -0.15) is 18.4 Å². The molecule has 2 aromatic carbocycles. The van der Waals surface area contributed by atoms with E-state index in [1.165, 1.54) is 35.0 Å². The van der Waals surface area contributed by atoms with E-state index in [1.54, 1.807) is 31.3 Å². The summed E-state index contributed by atoms with van der Waals surface area (Å²) < 4.78 is 53.1. The van der Waals surface area contributed by atoms with Crippen molar-refractivity contribution in [1.29, 1.82) is 5.26 Å². The second-order valence-electron chi connectivity index (χ2n) is 11.0. The van der Waals surface area contributed by atoms with Gasteiger partial charge in [0, 0.05) is 17.8 Å². The molecule has 3 heterocycles. The first kappa shape index (κ1) is 30.3. The topological polar surface area (TPSA) is 130 Å². The van der Waals surface area contributed by atoms with E-state index in [0.717, 1.165) is 12.1 Å². The Morgan fingerprint density at radius 2 is 2.00 bits per heavy atom. The van der Waals surface area contributed by atoms with Crippen LogP contribution in [0.15, 0.2) is 75.4 Å². The minimum atomic E-state index is -4.63. The number of allylic oxidation sites excluding steroid dienone is 1. The van der Waals surface area contributed by atoms with Gasteiger partial charge in [-0.1, -0.05) is 12.1 Å². The van der Waals surface area contributed by atoms with Crippen molar-refractivity contribution in [3.05, 3.63) is 105 Å². The molecule has 0 spiro atoms. The van der Waals surface area contributed by atoms with Crippen LogP contribution in [0.2, 0.25) is 0 Å². The monoisotopic (exact) mass is 608 g/mol. The van der Waals surface area contributed by atoms with Crippen molar-refractivity contribution in [2.75, 3.05) is 32.6 Å². The van der Waals surface area contributed by atoms with Gasteiger partial charge in [0.25, 0.3) is 0 Å². The normalized spacial score (nSPS) is 15.2. The van der Waals surface area contributed by atoms with Gasteiger partial charge >= 0.3 is 17.8 Å². The maximum atomic E-state index is 13.6. The molecule has 44 heavy (non-hydrogen) atoms. The molecule has 1 aliphatic heterocycles. The first-order valence-corrected chi connectivity index (χ1v) is 13.5. The predicted octanol–water partition coefficient (Wildman–Crippen LogP) is 4.46. The summed E-state index contributed by atoms with van der Waals surface area (Å²) in [6, 6.07) is 10.6. The van der Waals surface area contributed by atoms with Crippen LogP contribution in [0.4, 0.5) is 24.8 Å². The number of anilines is 2. The first-order chi connectivity index (χ1) is 20.8. The Hall–Kier alpha value is -5.16. The summed E-state index contributed by atoms with van der Waals surface area (Å²) in [6.07, 6.45) is -1.13. The fourth-order valence-electron chi connectivity index (χ4n) is 5.44. The van der Waals surface area contributed by atoms with Crippen LogP contribution in [0.1, 0.15) is 41.1 Å². The number of carbonyl (C=O) groups is 1. The summed E-state index contributed by atoms with van der Waals surface area (Å²) >= 11 is 0. The first-order valence-electron chi connectivity index (χ1n) is 13.5. The SMILES string of the molecule is COC(=O)C1=C(C)N(c2cccc(C(F)(F)F)c2)c2n[nH]c(=O)n2[C@@H]1c1ccc(C#N)cc1CC[N+](C)(C)Cc1ncco1. The number of fused-ring (bicyclic) bond motifs is 1. The fraction of sp³-hybridized carbons (Fsp3) is 0.300. The molecule has 0 saturated carbocycles. The molecule has 4 aromatic rings. The van der Waals surface area contributed by atoms with Crippen molar-refractivity contribution in [2.24, 2.45) is 0 Å². The Bertz CT molecular complexity index is 1830. The lowest BCUT2D eigenvalue weighted by Crippen LogP contribution is -2.41. The number of nitrogens with one attached hydrogen (secondary N) is 1. The molecule has 0 bridgehead atoms. The maximum Gasteiger partial charge on any atom is 0.416 e. The number of carbonyl (C=O) groups excluding carboxylic acids is 1. The standard InChI is InChI=1S/C30H28F3N7O4/c1-18-25(27(41)43-4)26(39-28(36-37-29(39)42)38(18)22-7-5-6-21(15-22)30(31,32)33)23-9-8-19(16-34)14-20(23)10-12-40(2,3)17-24-35-11-13-44-24/h5-9,11,13-15,26H,10,12,17H2,1-4H3/p+1/t26-/m1/s1. The number of halogens is 3. The molecule has 0 fully saturated rings. The maximum absolute atomic E-state index is 13.6. The molecular formula is C30H29F3N7O4+. The lowest BCUT2D eigenvalue weighted by Gasteiger charge is -2.36. The number of nitriles is 1. The molecule has 5 rings (SSSR count). The van der Waals surface area contributed by atoms with Gasteiger partial charge in [0.15, 0.2) is 6.54 Å². The highest BCUT2D eigenvalue weighted by molar-refractivity contribution is 5.93. The van der Waals surface area contributed by atoms with Gasteiger partial charge in [0.05, 0.1) is 56.7 Å². The van der Waals surface area contributed by atoms with E-state index in [2.05, 4.69) is 21.3 Å². The summed E-state index contributed by atoms with van der Waals surface area (Å²) in [5.41, 5.74) is 0.302. The average molecular weight is 609 g/mol. The third-order valence-corrected chi connectivity index (χ3v) is 7.58. The zero-order valence-corrected chi connectivity index (χ0v) is 24.3. The second kappa shape index (κ2) is 11.5. The summed E-state index contributed by atoms with van der Waals surface area (Å²) in [4.78, 5) is 32.3. The number of oxazole rings is 1. The van der Waals surface area contributed by atoms with Gasteiger partial charge in [0.1, 0.15) is 12.3 Å². The van der Waals surface area contributed by atoms with Crippen molar-refractivity contribution < 1.29 is 31.6 Å². The zero-order valence-electron chi connectivity index (χ0n) is 24.3. The molecule has 2 aromatic heterocycles. The lowest BCUT2D eigenvalue weighted by molar-refractivity contribution is -0.904. The summed E-state index contributed by atoms with van der Waals surface area (Å²) in [5.74, 6) is -0.234. The van der Waals surface area contributed by atoms with Crippen LogP contribution in [-0.2, 0) is 28.7 Å². The molecule has 0 amide bonds. The smallest absolute Gasteiger partial charge is 0.416 e. The van der Waals surface area contributed by atoms with E-state index < -0.39 is 29.4 Å². The number of H-pyrrole nitrogens is 1. The number of alkyl halides is 3. The van der Waals surface area contributed by atoms with Gasteiger partial charge in [-0.3, -0.25) is 4.90 Å². The molecule has 0 aliphatic carbocycles. The Labute approximate surface area is 250 Å². The number of aromatic nitrogens is 4. The molecule has 1 N–H and O–H groups in total. The van der Waals surface area contributed by atoms with Gasteiger partial charge < -0.3 is 13.6 Å². The number of hydrogen-bond donors (Lipinski definition) is 1. The molecule has 228 valence electrons. The molecule has 0 radical (unpaired) electrons. The van der Waals surface area contributed by atoms with Gasteiger partial charge in [-0.15, -0.1) is 5.10 Å². The van der Waals surface area contributed by atoms with E-state index in [1.807, 2.05) is 14.1 Å². The fourth-order valence-corrected chi connectivity index (χ4v) is 5.44. The number of methoxy groups -OCH3 is 1. The van der Waals surface area contributed by atoms with E-state index in [-0.39, 0.29) is 22.9 Å². The van der Waals surface area contributed by atoms with Crippen molar-refractivity contribution in [3.8, 4) is 6.07 Å². The largest absolute Gasteiger partial charge is 0.466 e. The van der Waals surface area contributed by atoms with Crippen LogP contribution in [-0.4, -0.2) is 58.0 Å². The lowest BCUT2D eigenvalue weighted by atomic mass is 9.89. The molecule has 11 nitrogen and oxygen atoms in total. The predicted molar refractivity (Wildman–Crippen MR) is 151 cm³/mol. The highest BCUT2D eigenvalue weighted by atomic mass is 19.4. The number of quaternary nitrogens is 1. The average Bonchev–Trinajstić information content (AvgIpc) is 3.63. The molecule has 1 aliphatic rings. The van der Waals surface area contributed by atoms with Gasteiger partial charge in [-0.25, -0.2) is 24.2 Å². The summed E-state index contributed by atoms with van der Waals surface area (Å²) in [6.45, 7) is 2.62. The van der Waals surface area contributed by atoms with Crippen LogP contribution >= 0.6 is 0 Å². The van der Waals surface area contributed by atoms with Crippen LogP contribution in [0.25, 0.3) is 0 Å². The quantitative estimate of drug-likeness (QED) is 0.229. The molecule has 0 unspecified atom stereocenters. The van der Waals surface area contributed by atoms with Crippen LogP contribution in [0.3, 0.4) is 0 Å². The Morgan fingerprint density at radius 1 is 1.23 bits per heavy atom. The third-order valence-electron chi connectivity index (χ3n) is 7.58. The summed E-state index contributed by atoms with van der Waals surface area (Å²) in [7, 11) is 5.17. The molecular weight excluding hydrogens is 579 g/mol. The Kier molecular flexibility index (Phi) is 7.92. The van der Waals surface area contributed by atoms with Gasteiger partial charge in [0.2, 0.25) is 11.8 Å². The van der Waals surface area contributed by atoms with Crippen molar-refractivity contribution in [3.63, 3.8) is 0 Å². The number of esters is 1. The molecule has 0 saturated heterocycles. The highest BCUT2D eigenvalue weighted by Gasteiger charge is 2.41. The van der Waals surface area contributed by atoms with Crippen molar-refractivity contribution in [2.45, 2.75) is 32.1 Å². The summed E-state index contributed by atoms with van der Waals surface area (Å²) in [5, 5.41) is 16.2. The van der Waals surface area contributed by atoms with E-state index >= 15 is 0 Å².